The summed E-state index contributed by atoms with van der Waals surface area (Å²) in [6.07, 6.45) is -0.412. The minimum atomic E-state index is -1.08. The first-order chi connectivity index (χ1) is 8.36. The SMILES string of the molecule is CC[C@@H](C(=O)N[C@@H](O)C(Br)(Br)Br)c1ccccc1. The van der Waals surface area contributed by atoms with Crippen molar-refractivity contribution in [2.75, 3.05) is 0 Å². The Kier molecular flexibility index (Phi) is 6.30. The lowest BCUT2D eigenvalue weighted by Gasteiger charge is -2.24. The fourth-order valence-electron chi connectivity index (χ4n) is 1.57. The van der Waals surface area contributed by atoms with Crippen molar-refractivity contribution in [3.05, 3.63) is 35.9 Å². The Morgan fingerprint density at radius 1 is 1.33 bits per heavy atom. The predicted molar refractivity (Wildman–Crippen MR) is 83.1 cm³/mol. The number of benzene rings is 1. The number of hydrogen-bond acceptors (Lipinski definition) is 2. The molecule has 0 unspecified atom stereocenters. The van der Waals surface area contributed by atoms with Gasteiger partial charge in [-0.15, -0.1) is 0 Å². The van der Waals surface area contributed by atoms with Gasteiger partial charge in [0.1, 0.15) is 0 Å². The van der Waals surface area contributed by atoms with Crippen LogP contribution in [-0.2, 0) is 4.79 Å². The van der Waals surface area contributed by atoms with E-state index < -0.39 is 8.37 Å². The van der Waals surface area contributed by atoms with Gasteiger partial charge in [0.2, 0.25) is 5.91 Å². The summed E-state index contributed by atoms with van der Waals surface area (Å²) in [6, 6.07) is 9.51. The Morgan fingerprint density at radius 3 is 2.33 bits per heavy atom. The molecule has 100 valence electrons. The van der Waals surface area contributed by atoms with Gasteiger partial charge in [-0.1, -0.05) is 85.0 Å². The molecule has 0 aromatic heterocycles. The van der Waals surface area contributed by atoms with Crippen LogP contribution in [0.4, 0.5) is 0 Å². The molecule has 1 aromatic carbocycles. The van der Waals surface area contributed by atoms with E-state index in [0.717, 1.165) is 5.56 Å². The number of aliphatic hydroxyl groups excluding tert-OH is 1. The maximum Gasteiger partial charge on any atom is 0.229 e. The molecular formula is C12H14Br3NO2. The number of alkyl halides is 3. The second-order valence-corrected chi connectivity index (χ2v) is 10.8. The zero-order valence-electron chi connectivity index (χ0n) is 9.74. The largest absolute Gasteiger partial charge is 0.370 e. The monoisotopic (exact) mass is 441 g/mol. The van der Waals surface area contributed by atoms with Gasteiger partial charge in [0.15, 0.2) is 8.37 Å². The number of carbonyl (C=O) groups is 1. The molecule has 3 nitrogen and oxygen atoms in total. The lowest BCUT2D eigenvalue weighted by molar-refractivity contribution is -0.125. The molecule has 6 heteroatoms. The van der Waals surface area contributed by atoms with E-state index in [1.54, 1.807) is 0 Å². The van der Waals surface area contributed by atoms with E-state index in [0.29, 0.717) is 6.42 Å². The molecule has 1 aromatic rings. The Morgan fingerprint density at radius 2 is 1.89 bits per heavy atom. The molecule has 0 aliphatic rings. The van der Waals surface area contributed by atoms with Crippen molar-refractivity contribution in [3.8, 4) is 0 Å². The first-order valence-corrected chi connectivity index (χ1v) is 7.84. The Labute approximate surface area is 132 Å². The van der Waals surface area contributed by atoms with Gasteiger partial charge in [-0.3, -0.25) is 4.79 Å². The van der Waals surface area contributed by atoms with Crippen LogP contribution >= 0.6 is 47.8 Å². The number of carbonyl (C=O) groups excluding carboxylic acids is 1. The highest BCUT2D eigenvalue weighted by Crippen LogP contribution is 2.36. The van der Waals surface area contributed by atoms with Gasteiger partial charge >= 0.3 is 0 Å². The lowest BCUT2D eigenvalue weighted by Crippen LogP contribution is -2.44. The van der Waals surface area contributed by atoms with Gasteiger partial charge in [-0.25, -0.2) is 0 Å². The number of aliphatic hydroxyl groups is 1. The molecule has 0 saturated heterocycles. The average molecular weight is 444 g/mol. The van der Waals surface area contributed by atoms with Crippen LogP contribution in [0.5, 0.6) is 0 Å². The van der Waals surface area contributed by atoms with E-state index in [-0.39, 0.29) is 11.8 Å². The van der Waals surface area contributed by atoms with Crippen LogP contribution in [0.15, 0.2) is 30.3 Å². The maximum atomic E-state index is 12.1. The summed E-state index contributed by atoms with van der Waals surface area (Å²) in [5.74, 6) is -0.477. The van der Waals surface area contributed by atoms with Gasteiger partial charge in [-0.2, -0.15) is 0 Å². The number of hydrogen-bond donors (Lipinski definition) is 2. The standard InChI is InChI=1S/C12H14Br3NO2/c1-2-9(8-6-4-3-5-7-8)10(17)16-11(18)12(13,14)15/h3-7,9,11,18H,2H2,1H3,(H,16,17)/t9-,11+/m1/s1. The van der Waals surface area contributed by atoms with E-state index >= 15 is 0 Å². The Bertz CT molecular complexity index is 392. The van der Waals surface area contributed by atoms with Crippen LogP contribution in [0.2, 0.25) is 0 Å². The quantitative estimate of drug-likeness (QED) is 0.553. The molecular weight excluding hydrogens is 430 g/mol. The van der Waals surface area contributed by atoms with Crippen LogP contribution in [0.3, 0.4) is 0 Å². The second-order valence-electron chi connectivity index (χ2n) is 3.82. The normalized spacial score (nSPS) is 14.9. The van der Waals surface area contributed by atoms with Crippen molar-refractivity contribution in [2.45, 2.75) is 27.6 Å². The van der Waals surface area contributed by atoms with Crippen molar-refractivity contribution in [3.63, 3.8) is 0 Å². The van der Waals surface area contributed by atoms with Crippen LogP contribution in [0.25, 0.3) is 0 Å². The minimum Gasteiger partial charge on any atom is -0.370 e. The van der Waals surface area contributed by atoms with Crippen molar-refractivity contribution in [1.29, 1.82) is 0 Å². The fourth-order valence-corrected chi connectivity index (χ4v) is 1.92. The molecule has 0 heterocycles. The molecule has 0 aliphatic carbocycles. The molecule has 1 amide bonds. The van der Waals surface area contributed by atoms with Gasteiger partial charge in [-0.05, 0) is 12.0 Å². The summed E-state index contributed by atoms with van der Waals surface area (Å²) in [7, 11) is 0. The number of rotatable bonds is 4. The third-order valence-electron chi connectivity index (χ3n) is 2.52. The molecule has 2 atom stereocenters. The van der Waals surface area contributed by atoms with E-state index in [4.69, 9.17) is 0 Å². The van der Waals surface area contributed by atoms with E-state index in [1.807, 2.05) is 37.3 Å². The van der Waals surface area contributed by atoms with Crippen LogP contribution in [0, 0.1) is 0 Å². The zero-order valence-corrected chi connectivity index (χ0v) is 14.5. The molecule has 0 spiro atoms. The number of amides is 1. The highest BCUT2D eigenvalue weighted by molar-refractivity contribution is 9.39. The van der Waals surface area contributed by atoms with E-state index in [1.165, 1.54) is 0 Å². The summed E-state index contributed by atoms with van der Waals surface area (Å²) < 4.78 is -0.919. The molecule has 0 radical (unpaired) electrons. The summed E-state index contributed by atoms with van der Waals surface area (Å²) >= 11 is 9.50. The second kappa shape index (κ2) is 7.03. The predicted octanol–water partition coefficient (Wildman–Crippen LogP) is 3.45. The summed E-state index contributed by atoms with van der Waals surface area (Å²) in [4.78, 5) is 12.1. The number of nitrogens with one attached hydrogen (secondary N) is 1. The van der Waals surface area contributed by atoms with Crippen molar-refractivity contribution in [2.24, 2.45) is 0 Å². The van der Waals surface area contributed by atoms with Crippen LogP contribution in [0.1, 0.15) is 24.8 Å². The zero-order chi connectivity index (χ0) is 13.8. The summed E-state index contributed by atoms with van der Waals surface area (Å²) in [5.41, 5.74) is 0.939. The molecule has 18 heavy (non-hydrogen) atoms. The van der Waals surface area contributed by atoms with Gasteiger partial charge in [0, 0.05) is 0 Å². The van der Waals surface area contributed by atoms with Gasteiger partial charge in [0.25, 0.3) is 0 Å². The average Bonchev–Trinajstić information content (AvgIpc) is 2.30. The highest BCUT2D eigenvalue weighted by Gasteiger charge is 2.32. The van der Waals surface area contributed by atoms with Crippen molar-refractivity contribution >= 4 is 53.7 Å². The van der Waals surface area contributed by atoms with E-state index in [2.05, 4.69) is 53.1 Å². The smallest absolute Gasteiger partial charge is 0.229 e. The molecule has 1 rings (SSSR count). The van der Waals surface area contributed by atoms with Crippen LogP contribution in [-0.4, -0.2) is 19.4 Å². The third kappa shape index (κ3) is 4.64. The van der Waals surface area contributed by atoms with Crippen molar-refractivity contribution < 1.29 is 9.90 Å². The summed E-state index contributed by atoms with van der Waals surface area (Å²) in [5, 5.41) is 12.3. The Balaban J connectivity index is 2.76. The van der Waals surface area contributed by atoms with Crippen molar-refractivity contribution in [1.82, 2.24) is 5.32 Å². The Hall–Kier alpha value is 0.0900. The maximum absolute atomic E-state index is 12.1. The molecule has 0 bridgehead atoms. The first kappa shape index (κ1) is 16.1. The van der Waals surface area contributed by atoms with Gasteiger partial charge in [0.05, 0.1) is 5.92 Å². The molecule has 0 aliphatic heterocycles. The van der Waals surface area contributed by atoms with Gasteiger partial charge < -0.3 is 10.4 Å². The fraction of sp³-hybridized carbons (Fsp3) is 0.417. The molecule has 2 N–H and O–H groups in total. The molecule has 0 fully saturated rings. The number of halogens is 3. The molecule has 0 saturated carbocycles. The summed E-state index contributed by atoms with van der Waals surface area (Å²) in [6.45, 7) is 1.94. The minimum absolute atomic E-state index is 0.209. The lowest BCUT2D eigenvalue weighted by atomic mass is 9.96. The third-order valence-corrected chi connectivity index (χ3v) is 3.82. The highest BCUT2D eigenvalue weighted by atomic mass is 80.0. The first-order valence-electron chi connectivity index (χ1n) is 5.46. The van der Waals surface area contributed by atoms with Crippen LogP contribution < -0.4 is 5.32 Å². The van der Waals surface area contributed by atoms with E-state index in [9.17, 15) is 9.90 Å². The topological polar surface area (TPSA) is 49.3 Å².